The normalized spacial score (nSPS) is 11.1. The standard InChI is InChI=1S/C23H23N3O5S/c1-14-6-5-7-20(17(14)4)25-32(30,31)22-12-18(10-8-16(22)3)23(27)24-21-13-19(26(28)29)11-9-15(21)2/h5-13,25H,1-4H3,(H,24,27). The van der Waals surface area contributed by atoms with Crippen LogP contribution in [0.25, 0.3) is 0 Å². The van der Waals surface area contributed by atoms with Gasteiger partial charge in [0.05, 0.1) is 21.2 Å². The third-order valence-electron chi connectivity index (χ3n) is 5.27. The van der Waals surface area contributed by atoms with Crippen molar-refractivity contribution in [2.45, 2.75) is 32.6 Å². The number of carbonyl (C=O) groups is 1. The van der Waals surface area contributed by atoms with Gasteiger partial charge < -0.3 is 5.32 Å². The van der Waals surface area contributed by atoms with Gasteiger partial charge in [0, 0.05) is 17.7 Å². The lowest BCUT2D eigenvalue weighted by atomic mass is 10.1. The van der Waals surface area contributed by atoms with Crippen molar-refractivity contribution in [3.8, 4) is 0 Å². The van der Waals surface area contributed by atoms with Crippen molar-refractivity contribution in [3.63, 3.8) is 0 Å². The van der Waals surface area contributed by atoms with Gasteiger partial charge in [-0.25, -0.2) is 8.42 Å². The minimum absolute atomic E-state index is 0.0261. The van der Waals surface area contributed by atoms with Crippen LogP contribution in [0.1, 0.15) is 32.6 Å². The van der Waals surface area contributed by atoms with E-state index in [1.807, 2.05) is 19.9 Å². The fraction of sp³-hybridized carbons (Fsp3) is 0.174. The number of nitrogens with zero attached hydrogens (tertiary/aromatic N) is 1. The fourth-order valence-electron chi connectivity index (χ4n) is 3.14. The van der Waals surface area contributed by atoms with E-state index in [-0.39, 0.29) is 21.8 Å². The minimum atomic E-state index is -3.96. The second kappa shape index (κ2) is 8.80. The zero-order valence-corrected chi connectivity index (χ0v) is 18.9. The molecule has 8 nitrogen and oxygen atoms in total. The van der Waals surface area contributed by atoms with Gasteiger partial charge in [-0.15, -0.1) is 0 Å². The number of amides is 1. The number of benzene rings is 3. The lowest BCUT2D eigenvalue weighted by Crippen LogP contribution is -2.18. The zero-order valence-electron chi connectivity index (χ0n) is 18.1. The first-order valence-corrected chi connectivity index (χ1v) is 11.2. The summed E-state index contributed by atoms with van der Waals surface area (Å²) in [5.41, 5.74) is 3.57. The lowest BCUT2D eigenvalue weighted by molar-refractivity contribution is -0.384. The molecule has 0 heterocycles. The van der Waals surface area contributed by atoms with E-state index in [1.54, 1.807) is 32.0 Å². The Bertz CT molecular complexity index is 1330. The van der Waals surface area contributed by atoms with Gasteiger partial charge in [-0.3, -0.25) is 19.6 Å². The molecule has 0 aliphatic rings. The number of sulfonamides is 1. The van der Waals surface area contributed by atoms with Crippen LogP contribution in [-0.4, -0.2) is 19.2 Å². The summed E-state index contributed by atoms with van der Waals surface area (Å²) in [7, 11) is -3.96. The first-order valence-electron chi connectivity index (χ1n) is 9.75. The number of anilines is 2. The van der Waals surface area contributed by atoms with E-state index in [1.165, 1.54) is 30.3 Å². The Hall–Kier alpha value is -3.72. The Kier molecular flexibility index (Phi) is 6.31. The molecule has 0 aliphatic heterocycles. The van der Waals surface area contributed by atoms with Crippen molar-refractivity contribution in [1.82, 2.24) is 0 Å². The Labute approximate surface area is 186 Å². The predicted octanol–water partition coefficient (Wildman–Crippen LogP) is 4.88. The first-order chi connectivity index (χ1) is 15.0. The summed E-state index contributed by atoms with van der Waals surface area (Å²) in [5, 5.41) is 13.7. The molecule has 0 saturated heterocycles. The van der Waals surface area contributed by atoms with Crippen LogP contribution in [0.2, 0.25) is 0 Å². The zero-order chi connectivity index (χ0) is 23.6. The number of nitrogens with one attached hydrogen (secondary N) is 2. The van der Waals surface area contributed by atoms with Gasteiger partial charge in [-0.2, -0.15) is 0 Å². The Morgan fingerprint density at radius 2 is 1.56 bits per heavy atom. The number of carbonyl (C=O) groups excluding carboxylic acids is 1. The van der Waals surface area contributed by atoms with Crippen molar-refractivity contribution < 1.29 is 18.1 Å². The van der Waals surface area contributed by atoms with E-state index in [9.17, 15) is 23.3 Å². The predicted molar refractivity (Wildman–Crippen MR) is 124 cm³/mol. The third kappa shape index (κ3) is 4.78. The molecule has 0 unspecified atom stereocenters. The van der Waals surface area contributed by atoms with Crippen LogP contribution in [0, 0.1) is 37.8 Å². The highest BCUT2D eigenvalue weighted by Crippen LogP contribution is 2.26. The van der Waals surface area contributed by atoms with Crippen molar-refractivity contribution in [3.05, 3.63) is 92.5 Å². The molecule has 0 aliphatic carbocycles. The first kappa shape index (κ1) is 23.0. The molecule has 3 aromatic rings. The molecular formula is C23H23N3O5S. The van der Waals surface area contributed by atoms with Gasteiger partial charge >= 0.3 is 0 Å². The topological polar surface area (TPSA) is 118 Å². The maximum absolute atomic E-state index is 13.1. The summed E-state index contributed by atoms with van der Waals surface area (Å²) in [4.78, 5) is 23.2. The minimum Gasteiger partial charge on any atom is -0.321 e. The molecule has 1 amide bonds. The number of nitro groups is 1. The Morgan fingerprint density at radius 3 is 2.25 bits per heavy atom. The quantitative estimate of drug-likeness (QED) is 0.407. The van der Waals surface area contributed by atoms with E-state index in [0.29, 0.717) is 16.8 Å². The number of rotatable bonds is 6. The number of nitro benzene ring substituents is 1. The number of aryl methyl sites for hydroxylation is 3. The molecule has 0 spiro atoms. The molecule has 0 fully saturated rings. The number of non-ortho nitro benzene ring substituents is 1. The van der Waals surface area contributed by atoms with Crippen LogP contribution in [-0.2, 0) is 10.0 Å². The average Bonchev–Trinajstić information content (AvgIpc) is 2.72. The van der Waals surface area contributed by atoms with Crippen molar-refractivity contribution in [1.29, 1.82) is 0 Å². The van der Waals surface area contributed by atoms with Crippen LogP contribution in [0.15, 0.2) is 59.5 Å². The Morgan fingerprint density at radius 1 is 0.875 bits per heavy atom. The van der Waals surface area contributed by atoms with E-state index >= 15 is 0 Å². The monoisotopic (exact) mass is 453 g/mol. The highest BCUT2D eigenvalue weighted by atomic mass is 32.2. The lowest BCUT2D eigenvalue weighted by Gasteiger charge is -2.15. The van der Waals surface area contributed by atoms with Gasteiger partial charge in [0.1, 0.15) is 0 Å². The summed E-state index contributed by atoms with van der Waals surface area (Å²) in [6, 6.07) is 13.8. The van der Waals surface area contributed by atoms with E-state index in [2.05, 4.69) is 10.0 Å². The van der Waals surface area contributed by atoms with E-state index in [0.717, 1.165) is 11.1 Å². The molecule has 3 aromatic carbocycles. The van der Waals surface area contributed by atoms with Crippen molar-refractivity contribution in [2.24, 2.45) is 0 Å². The fourth-order valence-corrected chi connectivity index (χ4v) is 4.54. The number of hydrogen-bond donors (Lipinski definition) is 2. The maximum Gasteiger partial charge on any atom is 0.271 e. The van der Waals surface area contributed by atoms with E-state index in [4.69, 9.17) is 0 Å². The maximum atomic E-state index is 13.1. The van der Waals surface area contributed by atoms with Crippen molar-refractivity contribution >= 4 is 33.0 Å². The summed E-state index contributed by atoms with van der Waals surface area (Å²) < 4.78 is 28.7. The molecule has 2 N–H and O–H groups in total. The van der Waals surface area contributed by atoms with Crippen LogP contribution < -0.4 is 10.0 Å². The molecule has 0 aromatic heterocycles. The molecular weight excluding hydrogens is 430 g/mol. The van der Waals surface area contributed by atoms with Gasteiger partial charge in [-0.05, 0) is 68.1 Å². The molecule has 0 saturated carbocycles. The van der Waals surface area contributed by atoms with Crippen LogP contribution in [0.4, 0.5) is 17.1 Å². The summed E-state index contributed by atoms with van der Waals surface area (Å²) >= 11 is 0. The largest absolute Gasteiger partial charge is 0.321 e. The molecule has 0 radical (unpaired) electrons. The van der Waals surface area contributed by atoms with Gasteiger partial charge in [-0.1, -0.05) is 24.3 Å². The molecule has 32 heavy (non-hydrogen) atoms. The highest BCUT2D eigenvalue weighted by molar-refractivity contribution is 7.92. The second-order valence-electron chi connectivity index (χ2n) is 7.54. The molecule has 0 bridgehead atoms. The third-order valence-corrected chi connectivity index (χ3v) is 6.78. The van der Waals surface area contributed by atoms with Crippen molar-refractivity contribution in [2.75, 3.05) is 10.0 Å². The number of hydrogen-bond acceptors (Lipinski definition) is 5. The Balaban J connectivity index is 1.93. The summed E-state index contributed by atoms with van der Waals surface area (Å²) in [6.07, 6.45) is 0. The van der Waals surface area contributed by atoms with Gasteiger partial charge in [0.25, 0.3) is 21.6 Å². The van der Waals surface area contributed by atoms with Crippen LogP contribution in [0.5, 0.6) is 0 Å². The van der Waals surface area contributed by atoms with Crippen LogP contribution >= 0.6 is 0 Å². The molecule has 3 rings (SSSR count). The summed E-state index contributed by atoms with van der Waals surface area (Å²) in [6.45, 7) is 7.06. The van der Waals surface area contributed by atoms with Crippen LogP contribution in [0.3, 0.4) is 0 Å². The SMILES string of the molecule is Cc1ccc([N+](=O)[O-])cc1NC(=O)c1ccc(C)c(S(=O)(=O)Nc2cccc(C)c2C)c1. The average molecular weight is 454 g/mol. The highest BCUT2D eigenvalue weighted by Gasteiger charge is 2.21. The molecule has 9 heteroatoms. The summed E-state index contributed by atoms with van der Waals surface area (Å²) in [5.74, 6) is -0.572. The second-order valence-corrected chi connectivity index (χ2v) is 9.19. The molecule has 0 atom stereocenters. The van der Waals surface area contributed by atoms with Gasteiger partial charge in [0.15, 0.2) is 0 Å². The molecule has 166 valence electrons. The smallest absolute Gasteiger partial charge is 0.271 e. The van der Waals surface area contributed by atoms with E-state index < -0.39 is 20.9 Å². The van der Waals surface area contributed by atoms with Gasteiger partial charge in [0.2, 0.25) is 0 Å².